The van der Waals surface area contributed by atoms with E-state index in [-0.39, 0.29) is 6.04 Å². The molecule has 0 aliphatic carbocycles. The summed E-state index contributed by atoms with van der Waals surface area (Å²) in [6.07, 6.45) is 0. The highest BCUT2D eigenvalue weighted by Crippen LogP contribution is 2.26. The first-order valence-corrected chi connectivity index (χ1v) is 6.84. The molecule has 0 heterocycles. The van der Waals surface area contributed by atoms with Crippen LogP contribution in [0.1, 0.15) is 24.1 Å². The number of nitrogens with zero attached hydrogens (tertiary/aromatic N) is 1. The molecule has 0 radical (unpaired) electrons. The van der Waals surface area contributed by atoms with Crippen molar-refractivity contribution in [2.24, 2.45) is 5.73 Å². The largest absolute Gasteiger partial charge is 0.363 e. The van der Waals surface area contributed by atoms with Crippen LogP contribution in [-0.4, -0.2) is 13.1 Å². The second-order valence-electron chi connectivity index (χ2n) is 4.78. The summed E-state index contributed by atoms with van der Waals surface area (Å²) in [5, 5.41) is 0. The Balaban J connectivity index is 2.31. The van der Waals surface area contributed by atoms with Gasteiger partial charge in [0, 0.05) is 18.8 Å². The molecule has 0 fully saturated rings. The number of hydrogen-bond acceptors (Lipinski definition) is 2. The molecule has 1 atom stereocenters. The first kappa shape index (κ1) is 13.6. The molecule has 2 aromatic carbocycles. The fraction of sp³-hybridized carbons (Fsp3) is 0.294. The lowest BCUT2D eigenvalue weighted by atomic mass is 10.0. The van der Waals surface area contributed by atoms with Crippen LogP contribution in [0, 0.1) is 6.92 Å². The summed E-state index contributed by atoms with van der Waals surface area (Å²) in [7, 11) is 0. The summed E-state index contributed by atoms with van der Waals surface area (Å²) in [4.78, 5) is 2.36. The number of hydrogen-bond donors (Lipinski definition) is 1. The van der Waals surface area contributed by atoms with Gasteiger partial charge >= 0.3 is 0 Å². The highest BCUT2D eigenvalue weighted by Gasteiger charge is 2.17. The predicted octanol–water partition coefficient (Wildman–Crippen LogP) is 3.52. The molecule has 0 aromatic heterocycles. The van der Waals surface area contributed by atoms with Crippen LogP contribution in [0.5, 0.6) is 0 Å². The zero-order chi connectivity index (χ0) is 13.7. The molecular weight excluding hydrogens is 232 g/mol. The molecule has 0 amide bonds. The van der Waals surface area contributed by atoms with E-state index in [2.05, 4.69) is 67.3 Å². The van der Waals surface area contributed by atoms with Crippen LogP contribution < -0.4 is 10.6 Å². The standard InChI is InChI=1S/C17H22N2/c1-3-19(16-11-9-14(2)10-12-16)17(13-18)15-7-5-4-6-8-15/h4-12,17H,3,13,18H2,1-2H3. The number of benzene rings is 2. The topological polar surface area (TPSA) is 29.3 Å². The first-order valence-electron chi connectivity index (χ1n) is 6.84. The van der Waals surface area contributed by atoms with E-state index in [1.165, 1.54) is 16.8 Å². The van der Waals surface area contributed by atoms with Crippen molar-refractivity contribution >= 4 is 5.69 Å². The molecule has 1 unspecified atom stereocenters. The molecule has 2 N–H and O–H groups in total. The van der Waals surface area contributed by atoms with E-state index in [9.17, 15) is 0 Å². The van der Waals surface area contributed by atoms with E-state index in [4.69, 9.17) is 5.73 Å². The molecule has 0 saturated heterocycles. The Bertz CT molecular complexity index is 490. The van der Waals surface area contributed by atoms with Crippen molar-refractivity contribution < 1.29 is 0 Å². The molecular formula is C17H22N2. The fourth-order valence-electron chi connectivity index (χ4n) is 2.44. The molecule has 2 aromatic rings. The maximum atomic E-state index is 6.01. The van der Waals surface area contributed by atoms with Gasteiger partial charge in [0.25, 0.3) is 0 Å². The lowest BCUT2D eigenvalue weighted by Gasteiger charge is -2.32. The third-order valence-corrected chi connectivity index (χ3v) is 3.49. The molecule has 0 aliphatic heterocycles. The maximum absolute atomic E-state index is 6.01. The van der Waals surface area contributed by atoms with Crippen molar-refractivity contribution in [3.63, 3.8) is 0 Å². The normalized spacial score (nSPS) is 12.2. The van der Waals surface area contributed by atoms with E-state index >= 15 is 0 Å². The van der Waals surface area contributed by atoms with E-state index in [1.807, 2.05) is 6.07 Å². The van der Waals surface area contributed by atoms with Crippen LogP contribution in [0.4, 0.5) is 5.69 Å². The van der Waals surface area contributed by atoms with Crippen molar-refractivity contribution in [3.05, 3.63) is 65.7 Å². The first-order chi connectivity index (χ1) is 9.26. The van der Waals surface area contributed by atoms with E-state index in [1.54, 1.807) is 0 Å². The van der Waals surface area contributed by atoms with Crippen LogP contribution in [0.3, 0.4) is 0 Å². The quantitative estimate of drug-likeness (QED) is 0.884. The minimum absolute atomic E-state index is 0.230. The van der Waals surface area contributed by atoms with Crippen LogP contribution in [0.2, 0.25) is 0 Å². The van der Waals surface area contributed by atoms with Crippen LogP contribution in [0.15, 0.2) is 54.6 Å². The van der Waals surface area contributed by atoms with E-state index < -0.39 is 0 Å². The van der Waals surface area contributed by atoms with Gasteiger partial charge in [-0.05, 0) is 31.5 Å². The van der Waals surface area contributed by atoms with E-state index in [0.29, 0.717) is 6.54 Å². The Kier molecular flexibility index (Phi) is 4.58. The van der Waals surface area contributed by atoms with Gasteiger partial charge in [-0.25, -0.2) is 0 Å². The predicted molar refractivity (Wildman–Crippen MR) is 82.4 cm³/mol. The fourth-order valence-corrected chi connectivity index (χ4v) is 2.44. The molecule has 0 saturated carbocycles. The summed E-state index contributed by atoms with van der Waals surface area (Å²) in [6, 6.07) is 19.3. The maximum Gasteiger partial charge on any atom is 0.0664 e. The van der Waals surface area contributed by atoms with Gasteiger partial charge in [-0.1, -0.05) is 48.0 Å². The van der Waals surface area contributed by atoms with Gasteiger partial charge in [-0.2, -0.15) is 0 Å². The van der Waals surface area contributed by atoms with E-state index in [0.717, 1.165) is 6.54 Å². The van der Waals surface area contributed by atoms with Crippen molar-refractivity contribution in [3.8, 4) is 0 Å². The van der Waals surface area contributed by atoms with Crippen LogP contribution in [-0.2, 0) is 0 Å². The number of aryl methyl sites for hydroxylation is 1. The number of anilines is 1. The second kappa shape index (κ2) is 6.39. The minimum atomic E-state index is 0.230. The molecule has 0 bridgehead atoms. The lowest BCUT2D eigenvalue weighted by Crippen LogP contribution is -2.33. The summed E-state index contributed by atoms with van der Waals surface area (Å²) < 4.78 is 0. The minimum Gasteiger partial charge on any atom is -0.363 e. The highest BCUT2D eigenvalue weighted by atomic mass is 15.2. The average molecular weight is 254 g/mol. The molecule has 2 heteroatoms. The van der Waals surface area contributed by atoms with Crippen molar-refractivity contribution in [2.45, 2.75) is 19.9 Å². The molecule has 2 nitrogen and oxygen atoms in total. The molecule has 0 spiro atoms. The van der Waals surface area contributed by atoms with Gasteiger partial charge in [-0.3, -0.25) is 0 Å². The zero-order valence-electron chi connectivity index (χ0n) is 11.7. The Morgan fingerprint density at radius 1 is 1.00 bits per heavy atom. The zero-order valence-corrected chi connectivity index (χ0v) is 11.7. The Morgan fingerprint density at radius 2 is 1.63 bits per heavy atom. The third-order valence-electron chi connectivity index (χ3n) is 3.49. The third kappa shape index (κ3) is 3.15. The second-order valence-corrected chi connectivity index (χ2v) is 4.78. The number of nitrogens with two attached hydrogens (primary N) is 1. The van der Waals surface area contributed by atoms with Gasteiger partial charge in [0.15, 0.2) is 0 Å². The Labute approximate surface area is 115 Å². The number of rotatable bonds is 5. The van der Waals surface area contributed by atoms with Crippen molar-refractivity contribution in [1.82, 2.24) is 0 Å². The van der Waals surface area contributed by atoms with Crippen LogP contribution in [0.25, 0.3) is 0 Å². The summed E-state index contributed by atoms with van der Waals surface area (Å²) in [6.45, 7) is 5.84. The number of likely N-dealkylation sites (N-methyl/N-ethyl adjacent to an activating group) is 1. The van der Waals surface area contributed by atoms with Gasteiger partial charge in [-0.15, -0.1) is 0 Å². The van der Waals surface area contributed by atoms with Crippen molar-refractivity contribution in [2.75, 3.05) is 18.0 Å². The lowest BCUT2D eigenvalue weighted by molar-refractivity contribution is 0.643. The van der Waals surface area contributed by atoms with Gasteiger partial charge in [0.1, 0.15) is 0 Å². The van der Waals surface area contributed by atoms with Gasteiger partial charge < -0.3 is 10.6 Å². The Hall–Kier alpha value is -1.80. The van der Waals surface area contributed by atoms with Crippen molar-refractivity contribution in [1.29, 1.82) is 0 Å². The SMILES string of the molecule is CCN(c1ccc(C)cc1)C(CN)c1ccccc1. The molecule has 0 aliphatic rings. The summed E-state index contributed by atoms with van der Waals surface area (Å²) >= 11 is 0. The molecule has 19 heavy (non-hydrogen) atoms. The molecule has 2 rings (SSSR count). The van der Waals surface area contributed by atoms with Crippen LogP contribution >= 0.6 is 0 Å². The average Bonchev–Trinajstić information content (AvgIpc) is 2.47. The highest BCUT2D eigenvalue weighted by molar-refractivity contribution is 5.50. The molecule has 100 valence electrons. The summed E-state index contributed by atoms with van der Waals surface area (Å²) in [5.74, 6) is 0. The summed E-state index contributed by atoms with van der Waals surface area (Å²) in [5.41, 5.74) is 9.79. The smallest absolute Gasteiger partial charge is 0.0664 e. The van der Waals surface area contributed by atoms with Gasteiger partial charge in [0.2, 0.25) is 0 Å². The Morgan fingerprint density at radius 3 is 2.16 bits per heavy atom. The van der Waals surface area contributed by atoms with Gasteiger partial charge in [0.05, 0.1) is 6.04 Å². The monoisotopic (exact) mass is 254 g/mol.